The zero-order valence-corrected chi connectivity index (χ0v) is 8.79. The molecule has 4 nitrogen and oxygen atoms in total. The molecule has 3 N–H and O–H groups in total. The van der Waals surface area contributed by atoms with Gasteiger partial charge in [-0.2, -0.15) is 0 Å². The van der Waals surface area contributed by atoms with Crippen LogP contribution in [0.15, 0.2) is 30.3 Å². The van der Waals surface area contributed by atoms with E-state index in [1.165, 1.54) is 0 Å². The molecule has 0 aromatic heterocycles. The van der Waals surface area contributed by atoms with Crippen LogP contribution >= 0.6 is 0 Å². The summed E-state index contributed by atoms with van der Waals surface area (Å²) in [6.45, 7) is 0.247. The molecule has 1 rings (SSSR count). The third-order valence-corrected chi connectivity index (χ3v) is 2.51. The highest BCUT2D eigenvalue weighted by atomic mass is 32.2. The molecule has 1 atom stereocenters. The summed E-state index contributed by atoms with van der Waals surface area (Å²) in [5, 5.41) is 0. The molecule has 0 aliphatic rings. The molecule has 0 radical (unpaired) electrons. The van der Waals surface area contributed by atoms with Crippen LogP contribution in [0.1, 0.15) is 11.6 Å². The molecule has 1 unspecified atom stereocenters. The predicted octanol–water partition coefficient (Wildman–Crippen LogP) is 0.236. The second-order valence-corrected chi connectivity index (χ2v) is 4.87. The first-order chi connectivity index (χ1) is 6.53. The van der Waals surface area contributed by atoms with E-state index in [0.717, 1.165) is 11.8 Å². The molecule has 1 aromatic carbocycles. The third kappa shape index (κ3) is 3.45. The molecule has 0 heterocycles. The average molecular weight is 214 g/mol. The van der Waals surface area contributed by atoms with Crippen molar-refractivity contribution in [1.29, 1.82) is 0 Å². The molecule has 78 valence electrons. The van der Waals surface area contributed by atoms with E-state index >= 15 is 0 Å². The fourth-order valence-electron chi connectivity index (χ4n) is 1.20. The maximum Gasteiger partial charge on any atom is 0.209 e. The Morgan fingerprint density at radius 1 is 1.36 bits per heavy atom. The molecule has 0 aliphatic heterocycles. The summed E-state index contributed by atoms with van der Waals surface area (Å²) in [5.41, 5.74) is 6.36. The summed E-state index contributed by atoms with van der Waals surface area (Å²) >= 11 is 0. The molecule has 0 saturated heterocycles. The number of sulfonamides is 1. The summed E-state index contributed by atoms with van der Waals surface area (Å²) in [7, 11) is -3.21. The lowest BCUT2D eigenvalue weighted by Gasteiger charge is -2.15. The van der Waals surface area contributed by atoms with Gasteiger partial charge in [-0.25, -0.2) is 13.1 Å². The highest BCUT2D eigenvalue weighted by Gasteiger charge is 2.13. The smallest absolute Gasteiger partial charge is 0.209 e. The van der Waals surface area contributed by atoms with Crippen molar-refractivity contribution < 1.29 is 8.42 Å². The van der Waals surface area contributed by atoms with Gasteiger partial charge in [0.05, 0.1) is 12.3 Å². The number of hydrogen-bond acceptors (Lipinski definition) is 3. The van der Waals surface area contributed by atoms with Crippen molar-refractivity contribution in [3.05, 3.63) is 35.9 Å². The Morgan fingerprint density at radius 2 is 1.93 bits per heavy atom. The van der Waals surface area contributed by atoms with Crippen LogP contribution < -0.4 is 10.5 Å². The molecule has 0 fully saturated rings. The number of rotatable bonds is 4. The van der Waals surface area contributed by atoms with Crippen LogP contribution in [0.3, 0.4) is 0 Å². The van der Waals surface area contributed by atoms with Gasteiger partial charge in [-0.3, -0.25) is 0 Å². The summed E-state index contributed by atoms with van der Waals surface area (Å²) in [5.74, 6) is 0. The molecule has 1 aromatic rings. The standard InChI is InChI=1S/C9H14N2O2S/c1-14(12,13)11-9(7-10)8-5-3-2-4-6-8/h2-6,9,11H,7,10H2,1H3. The second kappa shape index (κ2) is 4.54. The van der Waals surface area contributed by atoms with Crippen molar-refractivity contribution >= 4 is 10.0 Å². The number of benzene rings is 1. The minimum Gasteiger partial charge on any atom is -0.329 e. The molecular formula is C9H14N2O2S. The lowest BCUT2D eigenvalue weighted by molar-refractivity contribution is 0.564. The van der Waals surface area contributed by atoms with Crippen LogP contribution in [0, 0.1) is 0 Å². The normalized spacial score (nSPS) is 13.9. The zero-order chi connectivity index (χ0) is 10.6. The largest absolute Gasteiger partial charge is 0.329 e. The first kappa shape index (κ1) is 11.2. The van der Waals surface area contributed by atoms with Crippen molar-refractivity contribution in [2.75, 3.05) is 12.8 Å². The maximum absolute atomic E-state index is 11.0. The fraction of sp³-hybridized carbons (Fsp3) is 0.333. The van der Waals surface area contributed by atoms with Gasteiger partial charge in [-0.1, -0.05) is 30.3 Å². The highest BCUT2D eigenvalue weighted by Crippen LogP contribution is 2.11. The van der Waals surface area contributed by atoms with Gasteiger partial charge in [0.2, 0.25) is 10.0 Å². The first-order valence-electron chi connectivity index (χ1n) is 4.25. The third-order valence-electron chi connectivity index (χ3n) is 1.79. The Bertz CT molecular complexity index is 375. The summed E-state index contributed by atoms with van der Waals surface area (Å²) in [6.07, 6.45) is 1.12. The summed E-state index contributed by atoms with van der Waals surface area (Å²) < 4.78 is 24.5. The van der Waals surface area contributed by atoms with Crippen molar-refractivity contribution in [2.24, 2.45) is 5.73 Å². The molecule has 0 spiro atoms. The predicted molar refractivity (Wildman–Crippen MR) is 56.2 cm³/mol. The van der Waals surface area contributed by atoms with E-state index in [-0.39, 0.29) is 12.6 Å². The van der Waals surface area contributed by atoms with E-state index in [9.17, 15) is 8.42 Å². The van der Waals surface area contributed by atoms with E-state index in [2.05, 4.69) is 4.72 Å². The number of hydrogen-bond donors (Lipinski definition) is 2. The van der Waals surface area contributed by atoms with Crippen molar-refractivity contribution in [3.8, 4) is 0 Å². The fourth-order valence-corrected chi connectivity index (χ4v) is 1.95. The molecule has 0 aliphatic carbocycles. The lowest BCUT2D eigenvalue weighted by Crippen LogP contribution is -2.32. The quantitative estimate of drug-likeness (QED) is 0.754. The summed E-state index contributed by atoms with van der Waals surface area (Å²) in [4.78, 5) is 0. The zero-order valence-electron chi connectivity index (χ0n) is 7.97. The molecule has 0 bridgehead atoms. The molecule has 0 saturated carbocycles. The SMILES string of the molecule is CS(=O)(=O)NC(CN)c1ccccc1. The minimum atomic E-state index is -3.21. The Morgan fingerprint density at radius 3 is 2.36 bits per heavy atom. The molecule has 14 heavy (non-hydrogen) atoms. The number of nitrogens with two attached hydrogens (primary N) is 1. The molecular weight excluding hydrogens is 200 g/mol. The summed E-state index contributed by atoms with van der Waals surface area (Å²) in [6, 6.07) is 8.92. The van der Waals surface area contributed by atoms with Gasteiger partial charge in [0.15, 0.2) is 0 Å². The molecule has 5 heteroatoms. The topological polar surface area (TPSA) is 72.2 Å². The van der Waals surface area contributed by atoms with Crippen LogP contribution in [0.5, 0.6) is 0 Å². The van der Waals surface area contributed by atoms with E-state index in [1.54, 1.807) is 0 Å². The van der Waals surface area contributed by atoms with Crippen LogP contribution in [0.25, 0.3) is 0 Å². The van der Waals surface area contributed by atoms with Gasteiger partial charge in [-0.05, 0) is 5.56 Å². The van der Waals surface area contributed by atoms with E-state index < -0.39 is 10.0 Å². The van der Waals surface area contributed by atoms with Gasteiger partial charge in [-0.15, -0.1) is 0 Å². The Hall–Kier alpha value is -0.910. The lowest BCUT2D eigenvalue weighted by atomic mass is 10.1. The molecule has 0 amide bonds. The first-order valence-corrected chi connectivity index (χ1v) is 6.14. The van der Waals surface area contributed by atoms with Crippen LogP contribution in [0.2, 0.25) is 0 Å². The van der Waals surface area contributed by atoms with E-state index in [1.807, 2.05) is 30.3 Å². The second-order valence-electron chi connectivity index (χ2n) is 3.09. The van der Waals surface area contributed by atoms with Crippen molar-refractivity contribution in [2.45, 2.75) is 6.04 Å². The maximum atomic E-state index is 11.0. The monoisotopic (exact) mass is 214 g/mol. The van der Waals surface area contributed by atoms with Crippen molar-refractivity contribution in [3.63, 3.8) is 0 Å². The Labute approximate surface area is 84.2 Å². The average Bonchev–Trinajstić information content (AvgIpc) is 2.14. The van der Waals surface area contributed by atoms with Crippen molar-refractivity contribution in [1.82, 2.24) is 4.72 Å². The van der Waals surface area contributed by atoms with Gasteiger partial charge in [0.25, 0.3) is 0 Å². The van der Waals surface area contributed by atoms with Crippen LogP contribution in [-0.4, -0.2) is 21.2 Å². The van der Waals surface area contributed by atoms with E-state index in [4.69, 9.17) is 5.73 Å². The minimum absolute atomic E-state index is 0.247. The Kier molecular flexibility index (Phi) is 3.62. The van der Waals surface area contributed by atoms with Gasteiger partial charge in [0.1, 0.15) is 0 Å². The highest BCUT2D eigenvalue weighted by molar-refractivity contribution is 7.88. The van der Waals surface area contributed by atoms with Gasteiger partial charge < -0.3 is 5.73 Å². The van der Waals surface area contributed by atoms with Crippen LogP contribution in [-0.2, 0) is 10.0 Å². The Balaban J connectivity index is 2.84. The van der Waals surface area contributed by atoms with Gasteiger partial charge in [0, 0.05) is 6.54 Å². The van der Waals surface area contributed by atoms with Crippen LogP contribution in [0.4, 0.5) is 0 Å². The number of nitrogens with one attached hydrogen (secondary N) is 1. The van der Waals surface area contributed by atoms with E-state index in [0.29, 0.717) is 0 Å². The van der Waals surface area contributed by atoms with Gasteiger partial charge >= 0.3 is 0 Å².